The van der Waals surface area contributed by atoms with E-state index in [-0.39, 0.29) is 0 Å². The molecule has 0 aliphatic rings. The van der Waals surface area contributed by atoms with E-state index in [9.17, 15) is 0 Å². The van der Waals surface area contributed by atoms with Crippen molar-refractivity contribution in [1.82, 2.24) is 5.43 Å². The normalized spacial score (nSPS) is 10.3. The van der Waals surface area contributed by atoms with Crippen LogP contribution in [-0.4, -0.2) is 7.11 Å². The van der Waals surface area contributed by atoms with Gasteiger partial charge in [0.2, 0.25) is 0 Å². The molecular formula is C24H26N2O2. The summed E-state index contributed by atoms with van der Waals surface area (Å²) in [5, 5.41) is 0. The van der Waals surface area contributed by atoms with Crippen molar-refractivity contribution in [2.45, 2.75) is 19.6 Å². The van der Waals surface area contributed by atoms with E-state index >= 15 is 0 Å². The van der Waals surface area contributed by atoms with Crippen LogP contribution in [0.25, 0.3) is 0 Å². The lowest BCUT2D eigenvalue weighted by molar-refractivity contribution is 0.294. The van der Waals surface area contributed by atoms with Gasteiger partial charge in [-0.05, 0) is 47.9 Å². The van der Waals surface area contributed by atoms with Crippen molar-refractivity contribution >= 4 is 5.69 Å². The van der Waals surface area contributed by atoms with Crippen molar-refractivity contribution in [3.05, 3.63) is 102 Å². The van der Waals surface area contributed by atoms with E-state index in [1.165, 1.54) is 0 Å². The number of benzene rings is 3. The molecule has 0 aromatic heterocycles. The molecule has 0 aliphatic heterocycles. The van der Waals surface area contributed by atoms with Crippen molar-refractivity contribution in [1.29, 1.82) is 0 Å². The molecule has 3 rings (SSSR count). The fourth-order valence-corrected chi connectivity index (χ4v) is 2.95. The molecule has 0 atom stereocenters. The lowest BCUT2D eigenvalue weighted by Gasteiger charge is -2.15. The second-order valence-corrected chi connectivity index (χ2v) is 6.38. The molecule has 0 saturated heterocycles. The first-order valence-corrected chi connectivity index (χ1v) is 9.31. The van der Waals surface area contributed by atoms with Gasteiger partial charge >= 0.3 is 0 Å². The van der Waals surface area contributed by atoms with Crippen LogP contribution >= 0.6 is 0 Å². The first-order valence-electron chi connectivity index (χ1n) is 9.31. The van der Waals surface area contributed by atoms with Crippen LogP contribution in [0.15, 0.2) is 85.5 Å². The minimum absolute atomic E-state index is 0.442. The second-order valence-electron chi connectivity index (χ2n) is 6.38. The number of hydrogen-bond donors (Lipinski definition) is 2. The monoisotopic (exact) mass is 374 g/mol. The van der Waals surface area contributed by atoms with Crippen LogP contribution < -0.4 is 20.3 Å². The molecule has 0 saturated carbocycles. The molecule has 3 aromatic rings. The van der Waals surface area contributed by atoms with Gasteiger partial charge in [-0.2, -0.15) is 0 Å². The highest BCUT2D eigenvalue weighted by molar-refractivity contribution is 5.42. The Morgan fingerprint density at radius 1 is 0.893 bits per heavy atom. The molecule has 0 heterocycles. The lowest BCUT2D eigenvalue weighted by atomic mass is 10.1. The quantitative estimate of drug-likeness (QED) is 0.382. The molecule has 0 unspecified atom stereocenters. The summed E-state index contributed by atoms with van der Waals surface area (Å²) in [6.07, 6.45) is 2.66. The largest absolute Gasteiger partial charge is 0.496 e. The Bertz CT molecular complexity index is 894. The van der Waals surface area contributed by atoms with E-state index in [4.69, 9.17) is 9.47 Å². The Balaban J connectivity index is 1.65. The van der Waals surface area contributed by atoms with E-state index in [0.29, 0.717) is 13.2 Å². The van der Waals surface area contributed by atoms with Crippen LogP contribution in [-0.2, 0) is 19.6 Å². The summed E-state index contributed by atoms with van der Waals surface area (Å²) in [7, 11) is 1.68. The molecule has 4 heteroatoms. The third-order valence-corrected chi connectivity index (χ3v) is 4.36. The molecule has 0 fully saturated rings. The van der Waals surface area contributed by atoms with Gasteiger partial charge in [-0.3, -0.25) is 0 Å². The van der Waals surface area contributed by atoms with Crippen LogP contribution in [0, 0.1) is 0 Å². The van der Waals surface area contributed by atoms with E-state index in [1.54, 1.807) is 7.11 Å². The van der Waals surface area contributed by atoms with Crippen LogP contribution in [0.5, 0.6) is 11.5 Å². The zero-order valence-electron chi connectivity index (χ0n) is 16.2. The van der Waals surface area contributed by atoms with Crippen molar-refractivity contribution in [3.63, 3.8) is 0 Å². The van der Waals surface area contributed by atoms with E-state index in [0.717, 1.165) is 40.3 Å². The minimum Gasteiger partial charge on any atom is -0.496 e. The van der Waals surface area contributed by atoms with Gasteiger partial charge in [-0.15, -0.1) is 6.58 Å². The third-order valence-electron chi connectivity index (χ3n) is 4.36. The first-order chi connectivity index (χ1) is 13.8. The molecule has 0 radical (unpaired) electrons. The number of methoxy groups -OCH3 is 1. The maximum Gasteiger partial charge on any atom is 0.125 e. The number of hydrogen-bond acceptors (Lipinski definition) is 4. The lowest BCUT2D eigenvalue weighted by Crippen LogP contribution is -2.20. The Morgan fingerprint density at radius 2 is 1.68 bits per heavy atom. The third kappa shape index (κ3) is 5.38. The van der Waals surface area contributed by atoms with E-state index < -0.39 is 0 Å². The van der Waals surface area contributed by atoms with Gasteiger partial charge in [0, 0.05) is 17.8 Å². The smallest absolute Gasteiger partial charge is 0.125 e. The topological polar surface area (TPSA) is 42.5 Å². The highest BCUT2D eigenvalue weighted by Crippen LogP contribution is 2.24. The average molecular weight is 374 g/mol. The van der Waals surface area contributed by atoms with Gasteiger partial charge in [-0.25, -0.2) is 5.43 Å². The average Bonchev–Trinajstić information content (AvgIpc) is 2.74. The van der Waals surface area contributed by atoms with Crippen LogP contribution in [0.1, 0.15) is 16.7 Å². The molecule has 2 N–H and O–H groups in total. The number of allylic oxidation sites excluding steroid dienone is 1. The summed E-state index contributed by atoms with van der Waals surface area (Å²) in [4.78, 5) is 0. The van der Waals surface area contributed by atoms with E-state index in [1.807, 2.05) is 66.7 Å². The minimum atomic E-state index is 0.442. The second kappa shape index (κ2) is 10.2. The molecule has 0 spiro atoms. The van der Waals surface area contributed by atoms with Gasteiger partial charge in [-0.1, -0.05) is 48.5 Å². The summed E-state index contributed by atoms with van der Waals surface area (Å²) in [6.45, 7) is 4.94. The number of para-hydroxylation sites is 2. The number of ether oxygens (including phenoxy) is 2. The summed E-state index contributed by atoms with van der Waals surface area (Å²) >= 11 is 0. The molecule has 0 bridgehead atoms. The fraction of sp³-hybridized carbons (Fsp3) is 0.167. The summed E-state index contributed by atoms with van der Waals surface area (Å²) in [5.74, 6) is 1.69. The van der Waals surface area contributed by atoms with Gasteiger partial charge in [0.05, 0.1) is 7.11 Å². The molecule has 144 valence electrons. The Hall–Kier alpha value is -3.24. The summed E-state index contributed by atoms with van der Waals surface area (Å²) < 4.78 is 11.6. The van der Waals surface area contributed by atoms with Gasteiger partial charge in [0.25, 0.3) is 0 Å². The molecular weight excluding hydrogens is 348 g/mol. The number of anilines is 1. The Labute approximate surface area is 166 Å². The standard InChI is InChI=1S/C24H26N2O2/c1-3-9-20-10-7-8-13-24(20)28-18-21-16-19(14-15-23(21)27-2)17-25-26-22-11-5-4-6-12-22/h3-8,10-16,25-26H,1,9,17-18H2,2H3. The van der Waals surface area contributed by atoms with Crippen molar-refractivity contribution < 1.29 is 9.47 Å². The summed E-state index contributed by atoms with van der Waals surface area (Å²) in [6, 6.07) is 24.2. The van der Waals surface area contributed by atoms with Crippen molar-refractivity contribution in [2.24, 2.45) is 0 Å². The Morgan fingerprint density at radius 3 is 2.46 bits per heavy atom. The molecule has 4 nitrogen and oxygen atoms in total. The van der Waals surface area contributed by atoms with Gasteiger partial charge in [0.15, 0.2) is 0 Å². The van der Waals surface area contributed by atoms with Crippen molar-refractivity contribution in [3.8, 4) is 11.5 Å². The number of rotatable bonds is 10. The Kier molecular flexibility index (Phi) is 7.10. The van der Waals surface area contributed by atoms with E-state index in [2.05, 4.69) is 29.6 Å². The van der Waals surface area contributed by atoms with Crippen LogP contribution in [0.2, 0.25) is 0 Å². The fourth-order valence-electron chi connectivity index (χ4n) is 2.95. The van der Waals surface area contributed by atoms with Gasteiger partial charge < -0.3 is 14.9 Å². The molecule has 0 aliphatic carbocycles. The number of hydrazine groups is 1. The predicted octanol–water partition coefficient (Wildman–Crippen LogP) is 5.12. The molecule has 0 amide bonds. The highest BCUT2D eigenvalue weighted by atomic mass is 16.5. The first kappa shape index (κ1) is 19.5. The zero-order valence-corrected chi connectivity index (χ0v) is 16.2. The number of nitrogens with one attached hydrogen (secondary N) is 2. The maximum absolute atomic E-state index is 6.08. The van der Waals surface area contributed by atoms with Crippen LogP contribution in [0.4, 0.5) is 5.69 Å². The molecule has 28 heavy (non-hydrogen) atoms. The predicted molar refractivity (Wildman–Crippen MR) is 115 cm³/mol. The van der Waals surface area contributed by atoms with Gasteiger partial charge in [0.1, 0.15) is 18.1 Å². The highest BCUT2D eigenvalue weighted by Gasteiger charge is 2.08. The SMILES string of the molecule is C=CCc1ccccc1OCc1cc(CNNc2ccccc2)ccc1OC. The summed E-state index contributed by atoms with van der Waals surface area (Å²) in [5.41, 5.74) is 10.7. The van der Waals surface area contributed by atoms with Crippen molar-refractivity contribution in [2.75, 3.05) is 12.5 Å². The van der Waals surface area contributed by atoms with Crippen LogP contribution in [0.3, 0.4) is 0 Å². The zero-order chi connectivity index (χ0) is 19.6. The molecule has 3 aromatic carbocycles. The maximum atomic E-state index is 6.08.